The standard InChI is InChI=1S/C13H11.2ClH.Ti/c1-3-7-12(8-4-1)11-13-9-5-2-6-10-13;;;/h1-11H;2*1H;/q-1;;;. The molecule has 2 rings (SSSR count). The summed E-state index contributed by atoms with van der Waals surface area (Å²) >= 11 is 0. The van der Waals surface area contributed by atoms with E-state index >= 15 is 0 Å². The molecule has 0 atom stereocenters. The minimum atomic E-state index is 0. The van der Waals surface area contributed by atoms with Crippen LogP contribution in [0.25, 0.3) is 0 Å². The van der Waals surface area contributed by atoms with Crippen LogP contribution in [-0.2, 0) is 21.7 Å². The van der Waals surface area contributed by atoms with Crippen LogP contribution in [0.4, 0.5) is 0 Å². The van der Waals surface area contributed by atoms with Crippen LogP contribution < -0.4 is 0 Å². The summed E-state index contributed by atoms with van der Waals surface area (Å²) in [5.74, 6) is 0. The molecule has 0 amide bonds. The van der Waals surface area contributed by atoms with Crippen molar-refractivity contribution in [2.75, 3.05) is 0 Å². The fraction of sp³-hybridized carbons (Fsp3) is 0. The van der Waals surface area contributed by atoms with Crippen molar-refractivity contribution >= 4 is 24.8 Å². The summed E-state index contributed by atoms with van der Waals surface area (Å²) in [7, 11) is 0. The van der Waals surface area contributed by atoms with Crippen LogP contribution in [-0.4, -0.2) is 0 Å². The van der Waals surface area contributed by atoms with Gasteiger partial charge in [0.2, 0.25) is 0 Å². The molecular formula is C13H13Cl2Ti-. The van der Waals surface area contributed by atoms with Gasteiger partial charge in [-0.3, -0.25) is 0 Å². The normalized spacial score (nSPS) is 7.75. The molecule has 84 valence electrons. The van der Waals surface area contributed by atoms with Gasteiger partial charge in [0.05, 0.1) is 0 Å². The van der Waals surface area contributed by atoms with E-state index in [1.165, 1.54) is 11.1 Å². The van der Waals surface area contributed by atoms with Crippen LogP contribution in [0.3, 0.4) is 0 Å². The number of halogens is 2. The molecule has 0 saturated heterocycles. The van der Waals surface area contributed by atoms with Crippen LogP contribution >= 0.6 is 24.8 Å². The smallest absolute Gasteiger partial charge is 0 e. The van der Waals surface area contributed by atoms with Gasteiger partial charge >= 0.3 is 0 Å². The maximum absolute atomic E-state index is 2.17. The topological polar surface area (TPSA) is 0 Å². The van der Waals surface area contributed by atoms with Crippen molar-refractivity contribution in [1.82, 2.24) is 0 Å². The second kappa shape index (κ2) is 9.80. The molecule has 0 nitrogen and oxygen atoms in total. The first-order chi connectivity index (χ1) is 6.45. The molecule has 2 aromatic rings. The Hall–Kier alpha value is -0.396. The van der Waals surface area contributed by atoms with Crippen LogP contribution in [0, 0.1) is 6.42 Å². The van der Waals surface area contributed by atoms with Crippen molar-refractivity contribution in [3.63, 3.8) is 0 Å². The van der Waals surface area contributed by atoms with Crippen molar-refractivity contribution in [2.45, 2.75) is 0 Å². The molecule has 2 aromatic carbocycles. The molecular weight excluding hydrogens is 275 g/mol. The Morgan fingerprint density at radius 2 is 0.875 bits per heavy atom. The molecule has 3 heteroatoms. The van der Waals surface area contributed by atoms with Gasteiger partial charge in [0.15, 0.2) is 0 Å². The largest absolute Gasteiger partial charge is 0.147 e. The molecule has 0 unspecified atom stereocenters. The summed E-state index contributed by atoms with van der Waals surface area (Å²) in [4.78, 5) is 0. The van der Waals surface area contributed by atoms with Crippen molar-refractivity contribution in [1.29, 1.82) is 0 Å². The van der Waals surface area contributed by atoms with Crippen molar-refractivity contribution in [3.8, 4) is 0 Å². The van der Waals surface area contributed by atoms with E-state index in [9.17, 15) is 0 Å². The summed E-state index contributed by atoms with van der Waals surface area (Å²) in [5.41, 5.74) is 2.49. The van der Waals surface area contributed by atoms with E-state index in [1.807, 2.05) is 12.1 Å². The van der Waals surface area contributed by atoms with Gasteiger partial charge in [0, 0.05) is 21.7 Å². The van der Waals surface area contributed by atoms with Gasteiger partial charge in [-0.25, -0.2) is 0 Å². The SMILES string of the molecule is Cl.Cl.[Ti].c1ccc([CH-]c2ccccc2)cc1. The average molecular weight is 288 g/mol. The van der Waals surface area contributed by atoms with Crippen molar-refractivity contribution < 1.29 is 21.7 Å². The number of rotatable bonds is 2. The average Bonchev–Trinajstić information content (AvgIpc) is 2.21. The third-order valence-electron chi connectivity index (χ3n) is 1.93. The van der Waals surface area contributed by atoms with Gasteiger partial charge < -0.3 is 0 Å². The zero-order chi connectivity index (χ0) is 8.93. The molecule has 0 heterocycles. The molecule has 0 aliphatic rings. The number of benzene rings is 2. The fourth-order valence-electron chi connectivity index (χ4n) is 1.29. The van der Waals surface area contributed by atoms with E-state index in [1.54, 1.807) is 0 Å². The van der Waals surface area contributed by atoms with Gasteiger partial charge in [-0.05, 0) is 0 Å². The van der Waals surface area contributed by atoms with Crippen molar-refractivity contribution in [3.05, 3.63) is 78.2 Å². The van der Waals surface area contributed by atoms with Crippen molar-refractivity contribution in [2.24, 2.45) is 0 Å². The minimum Gasteiger partial charge on any atom is -0.147 e. The fourth-order valence-corrected chi connectivity index (χ4v) is 1.29. The Morgan fingerprint density at radius 1 is 0.562 bits per heavy atom. The van der Waals surface area contributed by atoms with Gasteiger partial charge in [0.1, 0.15) is 0 Å². The predicted molar refractivity (Wildman–Crippen MR) is 69.9 cm³/mol. The molecule has 0 spiro atoms. The maximum atomic E-state index is 2.17. The van der Waals surface area contributed by atoms with Crippen LogP contribution in [0.5, 0.6) is 0 Å². The summed E-state index contributed by atoms with van der Waals surface area (Å²) in [6, 6.07) is 20.7. The Balaban J connectivity index is 0. The van der Waals surface area contributed by atoms with E-state index in [0.717, 1.165) is 0 Å². The van der Waals surface area contributed by atoms with Gasteiger partial charge in [0.25, 0.3) is 0 Å². The van der Waals surface area contributed by atoms with E-state index < -0.39 is 0 Å². The van der Waals surface area contributed by atoms with Gasteiger partial charge in [-0.2, -0.15) is 0 Å². The molecule has 16 heavy (non-hydrogen) atoms. The van der Waals surface area contributed by atoms with E-state index in [4.69, 9.17) is 0 Å². The Morgan fingerprint density at radius 3 is 1.19 bits per heavy atom. The molecule has 0 saturated carbocycles. The van der Waals surface area contributed by atoms with Crippen LogP contribution in [0.2, 0.25) is 0 Å². The first-order valence-electron chi connectivity index (χ1n) is 4.40. The Kier molecular flexibility index (Phi) is 11.0. The summed E-state index contributed by atoms with van der Waals surface area (Å²) in [6.45, 7) is 0. The molecule has 0 aliphatic carbocycles. The molecule has 0 fully saturated rings. The molecule has 0 aromatic heterocycles. The van der Waals surface area contributed by atoms with E-state index in [-0.39, 0.29) is 46.5 Å². The first kappa shape index (κ1) is 18.0. The van der Waals surface area contributed by atoms with Crippen LogP contribution in [0.15, 0.2) is 60.7 Å². The van der Waals surface area contributed by atoms with Gasteiger partial charge in [-0.15, -0.1) is 66.6 Å². The quantitative estimate of drug-likeness (QED) is 0.576. The molecule has 0 bridgehead atoms. The Bertz CT molecular complexity index is 325. The maximum Gasteiger partial charge on any atom is 0 e. The molecule has 0 aliphatic heterocycles. The van der Waals surface area contributed by atoms with Gasteiger partial charge in [-0.1, -0.05) is 36.4 Å². The second-order valence-corrected chi connectivity index (χ2v) is 2.97. The van der Waals surface area contributed by atoms with Crippen LogP contribution in [0.1, 0.15) is 11.1 Å². The summed E-state index contributed by atoms with van der Waals surface area (Å²) in [5, 5.41) is 0. The Labute approximate surface area is 124 Å². The predicted octanol–water partition coefficient (Wildman–Crippen LogP) is 4.13. The second-order valence-electron chi connectivity index (χ2n) is 2.97. The summed E-state index contributed by atoms with van der Waals surface area (Å²) < 4.78 is 0. The summed E-state index contributed by atoms with van der Waals surface area (Å²) in [6.07, 6.45) is 2.17. The monoisotopic (exact) mass is 287 g/mol. The molecule has 0 N–H and O–H groups in total. The number of hydrogen-bond donors (Lipinski definition) is 0. The third-order valence-corrected chi connectivity index (χ3v) is 1.93. The zero-order valence-electron chi connectivity index (χ0n) is 8.67. The van der Waals surface area contributed by atoms with E-state index in [2.05, 4.69) is 55.0 Å². The molecule has 0 radical (unpaired) electrons. The number of hydrogen-bond acceptors (Lipinski definition) is 0. The zero-order valence-corrected chi connectivity index (χ0v) is 11.9. The third kappa shape index (κ3) is 5.62. The minimum absolute atomic E-state index is 0. The van der Waals surface area contributed by atoms with E-state index in [0.29, 0.717) is 0 Å². The first-order valence-corrected chi connectivity index (χ1v) is 4.40.